The smallest absolute Gasteiger partial charge is 0.327 e. The molecule has 1 aliphatic carbocycles. The molecule has 1 saturated carbocycles. The van der Waals surface area contributed by atoms with Crippen LogP contribution in [0.2, 0.25) is 0 Å². The lowest BCUT2D eigenvalue weighted by Crippen LogP contribution is -2.05. The normalized spacial score (nSPS) is 26.3. The van der Waals surface area contributed by atoms with Crippen molar-refractivity contribution in [2.75, 3.05) is 0 Å². The van der Waals surface area contributed by atoms with Gasteiger partial charge >= 0.3 is 6.18 Å². The molecule has 0 bridgehead atoms. The summed E-state index contributed by atoms with van der Waals surface area (Å²) in [5.74, 6) is 0.261. The van der Waals surface area contributed by atoms with Gasteiger partial charge in [0.1, 0.15) is 0 Å². The number of nitrogens with two attached hydrogens (primary N) is 1. The standard InChI is InChI=1S/C10H10F3N/c11-10(12,13)7-3-1-6(2-4-7)8-5-9(8)14/h1-4,8-9H,5,14H2/t8-,9-/m0/s1. The Hall–Kier alpha value is -1.03. The maximum atomic E-state index is 12.2. The number of rotatable bonds is 1. The lowest BCUT2D eigenvalue weighted by atomic mass is 10.1. The Labute approximate surface area is 79.7 Å². The summed E-state index contributed by atoms with van der Waals surface area (Å²) < 4.78 is 36.6. The van der Waals surface area contributed by atoms with Gasteiger partial charge in [-0.05, 0) is 24.1 Å². The first kappa shape index (κ1) is 9.52. The van der Waals surface area contributed by atoms with Crippen LogP contribution in [0.25, 0.3) is 0 Å². The highest BCUT2D eigenvalue weighted by molar-refractivity contribution is 5.31. The lowest BCUT2D eigenvalue weighted by molar-refractivity contribution is -0.137. The van der Waals surface area contributed by atoms with E-state index in [4.69, 9.17) is 5.73 Å². The monoisotopic (exact) mass is 201 g/mol. The first-order valence-corrected chi connectivity index (χ1v) is 4.41. The molecule has 2 rings (SSSR count). The number of halogens is 3. The molecule has 0 unspecified atom stereocenters. The van der Waals surface area contributed by atoms with E-state index in [-0.39, 0.29) is 12.0 Å². The zero-order chi connectivity index (χ0) is 10.3. The lowest BCUT2D eigenvalue weighted by Gasteiger charge is -2.06. The molecule has 14 heavy (non-hydrogen) atoms. The predicted octanol–water partition coefficient (Wildman–Crippen LogP) is 2.52. The molecule has 1 aromatic carbocycles. The summed E-state index contributed by atoms with van der Waals surface area (Å²) in [6, 6.07) is 5.38. The SMILES string of the molecule is N[C@H]1C[C@H]1c1ccc(C(F)(F)F)cc1. The molecule has 1 nitrogen and oxygen atoms in total. The van der Waals surface area contributed by atoms with Crippen molar-refractivity contribution in [2.24, 2.45) is 5.73 Å². The average Bonchev–Trinajstić information content (AvgIpc) is 2.81. The van der Waals surface area contributed by atoms with Crippen LogP contribution in [0.5, 0.6) is 0 Å². The number of alkyl halides is 3. The van der Waals surface area contributed by atoms with Gasteiger partial charge in [0.15, 0.2) is 0 Å². The van der Waals surface area contributed by atoms with Gasteiger partial charge < -0.3 is 5.73 Å². The van der Waals surface area contributed by atoms with Crippen LogP contribution in [0.3, 0.4) is 0 Å². The summed E-state index contributed by atoms with van der Waals surface area (Å²) in [5, 5.41) is 0. The van der Waals surface area contributed by atoms with Gasteiger partial charge in [0, 0.05) is 12.0 Å². The van der Waals surface area contributed by atoms with Crippen molar-refractivity contribution < 1.29 is 13.2 Å². The predicted molar refractivity (Wildman–Crippen MR) is 46.8 cm³/mol. The maximum absolute atomic E-state index is 12.2. The van der Waals surface area contributed by atoms with E-state index in [9.17, 15) is 13.2 Å². The minimum atomic E-state index is -4.25. The Morgan fingerprint density at radius 3 is 2.00 bits per heavy atom. The van der Waals surface area contributed by atoms with Crippen LogP contribution in [0, 0.1) is 0 Å². The molecule has 2 N–H and O–H groups in total. The Kier molecular flexibility index (Phi) is 2.03. The summed E-state index contributed by atoms with van der Waals surface area (Å²) >= 11 is 0. The van der Waals surface area contributed by atoms with Gasteiger partial charge in [-0.1, -0.05) is 12.1 Å². The van der Waals surface area contributed by atoms with Crippen LogP contribution in [-0.2, 0) is 6.18 Å². The fraction of sp³-hybridized carbons (Fsp3) is 0.400. The van der Waals surface area contributed by atoms with Crippen molar-refractivity contribution in [1.82, 2.24) is 0 Å². The molecule has 1 aromatic rings. The summed E-state index contributed by atoms with van der Waals surface area (Å²) in [6.07, 6.45) is -3.37. The fourth-order valence-electron chi connectivity index (χ4n) is 1.52. The molecule has 76 valence electrons. The highest BCUT2D eigenvalue weighted by atomic mass is 19.4. The largest absolute Gasteiger partial charge is 0.416 e. The van der Waals surface area contributed by atoms with Crippen molar-refractivity contribution in [3.8, 4) is 0 Å². The van der Waals surface area contributed by atoms with E-state index in [1.807, 2.05) is 0 Å². The molecule has 0 saturated heterocycles. The van der Waals surface area contributed by atoms with Crippen molar-refractivity contribution in [3.63, 3.8) is 0 Å². The summed E-state index contributed by atoms with van der Waals surface area (Å²) in [5.41, 5.74) is 5.91. The van der Waals surface area contributed by atoms with Crippen LogP contribution in [-0.4, -0.2) is 6.04 Å². The van der Waals surface area contributed by atoms with Crippen molar-refractivity contribution in [3.05, 3.63) is 35.4 Å². The molecule has 0 aliphatic heterocycles. The second kappa shape index (κ2) is 2.98. The van der Waals surface area contributed by atoms with E-state index < -0.39 is 11.7 Å². The highest BCUT2D eigenvalue weighted by Gasteiger charge is 2.36. The number of hydrogen-bond acceptors (Lipinski definition) is 1. The first-order valence-electron chi connectivity index (χ1n) is 4.41. The van der Waals surface area contributed by atoms with Crippen LogP contribution in [0.1, 0.15) is 23.5 Å². The third kappa shape index (κ3) is 1.75. The van der Waals surface area contributed by atoms with Gasteiger partial charge in [0.25, 0.3) is 0 Å². The molecule has 0 aromatic heterocycles. The highest BCUT2D eigenvalue weighted by Crippen LogP contribution is 2.39. The van der Waals surface area contributed by atoms with Crippen LogP contribution >= 0.6 is 0 Å². The van der Waals surface area contributed by atoms with Gasteiger partial charge in [-0.3, -0.25) is 0 Å². The Balaban J connectivity index is 2.18. The molecular weight excluding hydrogens is 191 g/mol. The van der Waals surface area contributed by atoms with Gasteiger partial charge in [-0.2, -0.15) is 13.2 Å². The van der Waals surface area contributed by atoms with Crippen molar-refractivity contribution in [2.45, 2.75) is 24.6 Å². The average molecular weight is 201 g/mol. The molecule has 2 atom stereocenters. The summed E-state index contributed by atoms with van der Waals surface area (Å²) in [7, 11) is 0. The van der Waals surface area contributed by atoms with Gasteiger partial charge in [-0.25, -0.2) is 0 Å². The van der Waals surface area contributed by atoms with Gasteiger partial charge in [-0.15, -0.1) is 0 Å². The molecule has 0 spiro atoms. The Bertz CT molecular complexity index is 328. The molecule has 0 heterocycles. The van der Waals surface area contributed by atoms with Crippen molar-refractivity contribution >= 4 is 0 Å². The first-order chi connectivity index (χ1) is 6.48. The molecule has 1 aliphatic rings. The molecule has 1 fully saturated rings. The minimum absolute atomic E-state index is 0.131. The Morgan fingerprint density at radius 2 is 1.64 bits per heavy atom. The van der Waals surface area contributed by atoms with E-state index in [2.05, 4.69) is 0 Å². The van der Waals surface area contributed by atoms with Crippen molar-refractivity contribution in [1.29, 1.82) is 0 Å². The zero-order valence-electron chi connectivity index (χ0n) is 7.38. The molecule has 4 heteroatoms. The Morgan fingerprint density at radius 1 is 1.14 bits per heavy atom. The van der Waals surface area contributed by atoms with E-state index in [1.165, 1.54) is 12.1 Å². The third-order valence-corrected chi connectivity index (χ3v) is 2.51. The van der Waals surface area contributed by atoms with Crippen LogP contribution in [0.15, 0.2) is 24.3 Å². The maximum Gasteiger partial charge on any atom is 0.416 e. The third-order valence-electron chi connectivity index (χ3n) is 2.51. The van der Waals surface area contributed by atoms with Gasteiger partial charge in [0.05, 0.1) is 5.56 Å². The second-order valence-corrected chi connectivity index (χ2v) is 3.63. The summed E-state index contributed by atoms with van der Waals surface area (Å²) in [6.45, 7) is 0. The topological polar surface area (TPSA) is 26.0 Å². The van der Waals surface area contributed by atoms with E-state index in [0.29, 0.717) is 0 Å². The molecule has 0 amide bonds. The minimum Gasteiger partial charge on any atom is -0.327 e. The van der Waals surface area contributed by atoms with Crippen LogP contribution < -0.4 is 5.73 Å². The second-order valence-electron chi connectivity index (χ2n) is 3.63. The number of hydrogen-bond donors (Lipinski definition) is 1. The zero-order valence-corrected chi connectivity index (χ0v) is 7.38. The van der Waals surface area contributed by atoms with Crippen LogP contribution in [0.4, 0.5) is 13.2 Å². The van der Waals surface area contributed by atoms with E-state index in [1.54, 1.807) is 0 Å². The van der Waals surface area contributed by atoms with Gasteiger partial charge in [0.2, 0.25) is 0 Å². The van der Waals surface area contributed by atoms with E-state index in [0.717, 1.165) is 24.1 Å². The number of benzene rings is 1. The molecular formula is C10H10F3N. The quantitative estimate of drug-likeness (QED) is 0.742. The van der Waals surface area contributed by atoms with E-state index >= 15 is 0 Å². The molecule has 0 radical (unpaired) electrons. The summed E-state index contributed by atoms with van der Waals surface area (Å²) in [4.78, 5) is 0. The fourth-order valence-corrected chi connectivity index (χ4v) is 1.52.